The van der Waals surface area contributed by atoms with Crippen molar-refractivity contribution in [2.75, 3.05) is 18.1 Å². The third-order valence-electron chi connectivity index (χ3n) is 4.09. The normalized spacial score (nSPS) is 10.7. The summed E-state index contributed by atoms with van der Waals surface area (Å²) in [5.41, 5.74) is 3.32. The minimum atomic E-state index is -0.0565. The predicted octanol–water partition coefficient (Wildman–Crippen LogP) is 3.18. The number of nitrogen functional groups attached to an aromatic ring is 1. The van der Waals surface area contributed by atoms with Gasteiger partial charge in [-0.15, -0.1) is 10.2 Å². The van der Waals surface area contributed by atoms with E-state index in [2.05, 4.69) is 50.5 Å². The number of halogens is 1. The number of nitrogens with one attached hydrogen (secondary N) is 1. The van der Waals surface area contributed by atoms with Gasteiger partial charge in [0.2, 0.25) is 11.1 Å². The smallest absolute Gasteiger partial charge is 0.230 e. The Morgan fingerprint density at radius 3 is 2.70 bits per heavy atom. The van der Waals surface area contributed by atoms with Gasteiger partial charge < -0.3 is 11.2 Å². The SMILES string of the molecule is Cc1ccccc1CCNC(=O)CSc1nnc(-c2ccccc2Br)n1N. The molecular formula is C19H20BrN5OS. The van der Waals surface area contributed by atoms with Crippen molar-refractivity contribution in [2.24, 2.45) is 0 Å². The van der Waals surface area contributed by atoms with Crippen LogP contribution in [0.3, 0.4) is 0 Å². The largest absolute Gasteiger partial charge is 0.355 e. The molecule has 0 aliphatic rings. The van der Waals surface area contributed by atoms with Crippen LogP contribution in [-0.2, 0) is 11.2 Å². The van der Waals surface area contributed by atoms with Crippen molar-refractivity contribution in [2.45, 2.75) is 18.5 Å². The molecule has 0 saturated carbocycles. The van der Waals surface area contributed by atoms with E-state index in [1.807, 2.05) is 36.4 Å². The Bertz CT molecular complexity index is 943. The summed E-state index contributed by atoms with van der Waals surface area (Å²) < 4.78 is 2.29. The van der Waals surface area contributed by atoms with Crippen molar-refractivity contribution in [3.63, 3.8) is 0 Å². The van der Waals surface area contributed by atoms with Gasteiger partial charge >= 0.3 is 0 Å². The summed E-state index contributed by atoms with van der Waals surface area (Å²) in [6.07, 6.45) is 0.808. The second-order valence-corrected chi connectivity index (χ2v) is 7.77. The molecule has 3 N–H and O–H groups in total. The lowest BCUT2D eigenvalue weighted by atomic mass is 10.1. The van der Waals surface area contributed by atoms with Crippen molar-refractivity contribution in [3.8, 4) is 11.4 Å². The molecule has 8 heteroatoms. The van der Waals surface area contributed by atoms with E-state index in [0.717, 1.165) is 16.5 Å². The molecule has 3 aromatic rings. The van der Waals surface area contributed by atoms with E-state index in [1.165, 1.54) is 27.6 Å². The second kappa shape index (κ2) is 9.05. The zero-order valence-electron chi connectivity index (χ0n) is 14.9. The maximum atomic E-state index is 12.1. The van der Waals surface area contributed by atoms with Gasteiger partial charge in [0.05, 0.1) is 5.75 Å². The number of thioether (sulfide) groups is 1. The number of amides is 1. The molecule has 0 atom stereocenters. The Morgan fingerprint density at radius 2 is 1.93 bits per heavy atom. The highest BCUT2D eigenvalue weighted by molar-refractivity contribution is 9.10. The molecule has 1 aromatic heterocycles. The second-order valence-electron chi connectivity index (χ2n) is 5.97. The van der Waals surface area contributed by atoms with Crippen LogP contribution in [0.25, 0.3) is 11.4 Å². The summed E-state index contributed by atoms with van der Waals surface area (Å²) in [5.74, 6) is 6.83. The minimum absolute atomic E-state index is 0.0565. The van der Waals surface area contributed by atoms with Crippen molar-refractivity contribution in [3.05, 3.63) is 64.1 Å². The molecule has 140 valence electrons. The van der Waals surface area contributed by atoms with Crippen LogP contribution in [-0.4, -0.2) is 33.1 Å². The number of nitrogens with zero attached hydrogens (tertiary/aromatic N) is 3. The topological polar surface area (TPSA) is 85.8 Å². The first kappa shape index (κ1) is 19.4. The zero-order valence-corrected chi connectivity index (χ0v) is 17.3. The van der Waals surface area contributed by atoms with Gasteiger partial charge in [0.15, 0.2) is 5.82 Å². The van der Waals surface area contributed by atoms with E-state index in [4.69, 9.17) is 5.84 Å². The fourth-order valence-electron chi connectivity index (χ4n) is 2.61. The Labute approximate surface area is 170 Å². The fraction of sp³-hybridized carbons (Fsp3) is 0.211. The molecule has 0 radical (unpaired) electrons. The van der Waals surface area contributed by atoms with E-state index in [1.54, 1.807) is 0 Å². The van der Waals surface area contributed by atoms with E-state index in [9.17, 15) is 4.79 Å². The lowest BCUT2D eigenvalue weighted by molar-refractivity contribution is -0.118. The highest BCUT2D eigenvalue weighted by Crippen LogP contribution is 2.27. The van der Waals surface area contributed by atoms with E-state index in [0.29, 0.717) is 17.5 Å². The van der Waals surface area contributed by atoms with E-state index in [-0.39, 0.29) is 11.7 Å². The monoisotopic (exact) mass is 445 g/mol. The number of hydrogen-bond acceptors (Lipinski definition) is 5. The van der Waals surface area contributed by atoms with Crippen molar-refractivity contribution >= 4 is 33.6 Å². The number of benzene rings is 2. The Balaban J connectivity index is 1.52. The lowest BCUT2D eigenvalue weighted by Crippen LogP contribution is -2.27. The Morgan fingerprint density at radius 1 is 1.19 bits per heavy atom. The molecule has 1 amide bonds. The van der Waals surface area contributed by atoms with Crippen LogP contribution >= 0.6 is 27.7 Å². The average molecular weight is 446 g/mol. The first-order valence-electron chi connectivity index (χ1n) is 8.45. The minimum Gasteiger partial charge on any atom is -0.355 e. The van der Waals surface area contributed by atoms with Crippen LogP contribution in [0.15, 0.2) is 58.2 Å². The molecule has 0 spiro atoms. The van der Waals surface area contributed by atoms with Crippen LogP contribution in [0.4, 0.5) is 0 Å². The third-order valence-corrected chi connectivity index (χ3v) is 5.72. The fourth-order valence-corrected chi connectivity index (χ4v) is 3.76. The van der Waals surface area contributed by atoms with E-state index >= 15 is 0 Å². The summed E-state index contributed by atoms with van der Waals surface area (Å²) in [6.45, 7) is 2.67. The van der Waals surface area contributed by atoms with Gasteiger partial charge in [0, 0.05) is 16.6 Å². The quantitative estimate of drug-likeness (QED) is 0.430. The van der Waals surface area contributed by atoms with E-state index < -0.39 is 0 Å². The van der Waals surface area contributed by atoms with Gasteiger partial charge in [-0.1, -0.05) is 64.1 Å². The van der Waals surface area contributed by atoms with Gasteiger partial charge in [-0.3, -0.25) is 4.79 Å². The molecule has 27 heavy (non-hydrogen) atoms. The standard InChI is InChI=1S/C19H20BrN5OS/c1-13-6-2-3-7-14(13)10-11-22-17(26)12-27-19-24-23-18(25(19)21)15-8-4-5-9-16(15)20/h2-9H,10-12,21H2,1H3,(H,22,26). The summed E-state index contributed by atoms with van der Waals surface area (Å²) in [7, 11) is 0. The van der Waals surface area contributed by atoms with Crippen LogP contribution in [0.2, 0.25) is 0 Å². The molecule has 0 aliphatic carbocycles. The molecule has 3 rings (SSSR count). The number of carbonyl (C=O) groups is 1. The highest BCUT2D eigenvalue weighted by Gasteiger charge is 2.15. The summed E-state index contributed by atoms with van der Waals surface area (Å²) in [6, 6.07) is 15.8. The number of carbonyl (C=O) groups excluding carboxylic acids is 1. The van der Waals surface area contributed by atoms with Crippen molar-refractivity contribution in [1.82, 2.24) is 20.2 Å². The van der Waals surface area contributed by atoms with Crippen LogP contribution in [0, 0.1) is 6.92 Å². The molecule has 0 unspecified atom stereocenters. The molecule has 1 heterocycles. The molecule has 6 nitrogen and oxygen atoms in total. The Hall–Kier alpha value is -2.32. The zero-order chi connectivity index (χ0) is 19.2. The summed E-state index contributed by atoms with van der Waals surface area (Å²) in [4.78, 5) is 12.1. The maximum absolute atomic E-state index is 12.1. The first-order valence-corrected chi connectivity index (χ1v) is 10.2. The van der Waals surface area contributed by atoms with Gasteiger partial charge in [-0.05, 0) is 36.6 Å². The molecule has 0 fully saturated rings. The molecule has 0 aliphatic heterocycles. The molecule has 2 aromatic carbocycles. The van der Waals surface area contributed by atoms with Crippen molar-refractivity contribution in [1.29, 1.82) is 0 Å². The summed E-state index contributed by atoms with van der Waals surface area (Å²) in [5, 5.41) is 11.7. The third kappa shape index (κ3) is 4.90. The number of aryl methyl sites for hydroxylation is 1. The molecule has 0 bridgehead atoms. The average Bonchev–Trinajstić information content (AvgIpc) is 3.02. The lowest BCUT2D eigenvalue weighted by Gasteiger charge is -2.07. The van der Waals surface area contributed by atoms with Gasteiger partial charge in [-0.2, -0.15) is 0 Å². The molecular weight excluding hydrogens is 426 g/mol. The van der Waals surface area contributed by atoms with Crippen LogP contribution in [0.1, 0.15) is 11.1 Å². The number of aromatic nitrogens is 3. The first-order chi connectivity index (χ1) is 13.1. The Kier molecular flexibility index (Phi) is 6.52. The number of rotatable bonds is 7. The summed E-state index contributed by atoms with van der Waals surface area (Å²) >= 11 is 4.75. The molecule has 0 saturated heterocycles. The highest BCUT2D eigenvalue weighted by atomic mass is 79.9. The van der Waals surface area contributed by atoms with Gasteiger partial charge in [0.1, 0.15) is 0 Å². The number of nitrogens with two attached hydrogens (primary N) is 1. The van der Waals surface area contributed by atoms with Crippen LogP contribution in [0.5, 0.6) is 0 Å². The number of hydrogen-bond donors (Lipinski definition) is 2. The predicted molar refractivity (Wildman–Crippen MR) is 112 cm³/mol. The van der Waals surface area contributed by atoms with Gasteiger partial charge in [-0.25, -0.2) is 4.68 Å². The van der Waals surface area contributed by atoms with Crippen molar-refractivity contribution < 1.29 is 4.79 Å². The maximum Gasteiger partial charge on any atom is 0.230 e. The van der Waals surface area contributed by atoms with Crippen LogP contribution < -0.4 is 11.2 Å². The van der Waals surface area contributed by atoms with Gasteiger partial charge in [0.25, 0.3) is 0 Å².